The molecule has 0 aliphatic rings. The molecule has 1 aromatic heterocycles. The van der Waals surface area contributed by atoms with Crippen molar-refractivity contribution in [2.24, 2.45) is 0 Å². The molecule has 0 spiro atoms. The van der Waals surface area contributed by atoms with Gasteiger partial charge in [-0.05, 0) is 42.7 Å². The van der Waals surface area contributed by atoms with Crippen molar-refractivity contribution >= 4 is 5.95 Å². The molecule has 1 atom stereocenters. The Morgan fingerprint density at radius 3 is 2.52 bits per heavy atom. The molecule has 0 aliphatic carbocycles. The van der Waals surface area contributed by atoms with E-state index in [1.54, 1.807) is 11.8 Å². The number of tetrazole rings is 1. The average molecular weight is 338 g/mol. The highest BCUT2D eigenvalue weighted by Gasteiger charge is 2.19. The molecule has 0 bridgehead atoms. The second kappa shape index (κ2) is 7.76. The molecule has 3 rings (SSSR count). The summed E-state index contributed by atoms with van der Waals surface area (Å²) in [5.41, 5.74) is 2.02. The maximum Gasteiger partial charge on any atom is 0.247 e. The third kappa shape index (κ3) is 3.77. The lowest BCUT2D eigenvalue weighted by atomic mass is 10.0. The second-order valence-electron chi connectivity index (χ2n) is 5.85. The molecular formula is C18H22N6O. The average Bonchev–Trinajstić information content (AvgIpc) is 3.11. The SMILES string of the molecule is COc1ccccc1C(CNc1nnnn1-c1ccccc1)N(C)C. The van der Waals surface area contributed by atoms with E-state index in [0.29, 0.717) is 12.5 Å². The van der Waals surface area contributed by atoms with Gasteiger partial charge in [-0.3, -0.25) is 0 Å². The summed E-state index contributed by atoms with van der Waals surface area (Å²) in [7, 11) is 5.77. The van der Waals surface area contributed by atoms with Crippen molar-refractivity contribution in [3.05, 3.63) is 60.2 Å². The number of nitrogens with zero attached hydrogens (tertiary/aromatic N) is 5. The number of nitrogens with one attached hydrogen (secondary N) is 1. The Kier molecular flexibility index (Phi) is 5.25. The van der Waals surface area contributed by atoms with Crippen molar-refractivity contribution in [3.8, 4) is 11.4 Å². The molecule has 3 aromatic rings. The molecular weight excluding hydrogens is 316 g/mol. The zero-order chi connectivity index (χ0) is 17.6. The zero-order valence-corrected chi connectivity index (χ0v) is 14.6. The minimum atomic E-state index is 0.108. The van der Waals surface area contributed by atoms with Crippen molar-refractivity contribution in [3.63, 3.8) is 0 Å². The van der Waals surface area contributed by atoms with Crippen LogP contribution in [-0.2, 0) is 0 Å². The summed E-state index contributed by atoms with van der Waals surface area (Å²) in [6.07, 6.45) is 0. The van der Waals surface area contributed by atoms with Gasteiger partial charge in [0.15, 0.2) is 0 Å². The van der Waals surface area contributed by atoms with Gasteiger partial charge in [0.05, 0.1) is 18.8 Å². The van der Waals surface area contributed by atoms with Crippen molar-refractivity contribution in [2.45, 2.75) is 6.04 Å². The Labute approximate surface area is 147 Å². The molecule has 0 saturated carbocycles. The molecule has 1 N–H and O–H groups in total. The summed E-state index contributed by atoms with van der Waals surface area (Å²) in [4.78, 5) is 2.14. The largest absolute Gasteiger partial charge is 0.496 e. The van der Waals surface area contributed by atoms with Crippen LogP contribution in [0.5, 0.6) is 5.75 Å². The van der Waals surface area contributed by atoms with Crippen LogP contribution in [0.15, 0.2) is 54.6 Å². The first-order valence-corrected chi connectivity index (χ1v) is 8.07. The van der Waals surface area contributed by atoms with Crippen molar-refractivity contribution < 1.29 is 4.74 Å². The minimum absolute atomic E-state index is 0.108. The van der Waals surface area contributed by atoms with Crippen LogP contribution in [0.2, 0.25) is 0 Å². The van der Waals surface area contributed by atoms with Crippen LogP contribution in [0.1, 0.15) is 11.6 Å². The highest BCUT2D eigenvalue weighted by molar-refractivity contribution is 5.40. The maximum absolute atomic E-state index is 5.51. The first-order valence-electron chi connectivity index (χ1n) is 8.07. The highest BCUT2D eigenvalue weighted by Crippen LogP contribution is 2.28. The van der Waals surface area contributed by atoms with Gasteiger partial charge < -0.3 is 15.0 Å². The number of likely N-dealkylation sites (N-methyl/N-ethyl adjacent to an activating group) is 1. The topological polar surface area (TPSA) is 68.1 Å². The fourth-order valence-corrected chi connectivity index (χ4v) is 2.74. The molecule has 1 heterocycles. The van der Waals surface area contributed by atoms with Gasteiger partial charge >= 0.3 is 0 Å². The highest BCUT2D eigenvalue weighted by atomic mass is 16.5. The lowest BCUT2D eigenvalue weighted by molar-refractivity contribution is 0.299. The monoisotopic (exact) mass is 338 g/mol. The maximum atomic E-state index is 5.51. The van der Waals surface area contributed by atoms with Gasteiger partial charge in [-0.2, -0.15) is 4.68 Å². The minimum Gasteiger partial charge on any atom is -0.496 e. The van der Waals surface area contributed by atoms with E-state index in [2.05, 4.69) is 31.8 Å². The van der Waals surface area contributed by atoms with Crippen LogP contribution in [0.3, 0.4) is 0 Å². The number of ether oxygens (including phenoxy) is 1. The van der Waals surface area contributed by atoms with Crippen molar-refractivity contribution in [1.29, 1.82) is 0 Å². The molecule has 0 saturated heterocycles. The van der Waals surface area contributed by atoms with Crippen LogP contribution in [0.25, 0.3) is 5.69 Å². The van der Waals surface area contributed by atoms with E-state index in [-0.39, 0.29) is 6.04 Å². The van der Waals surface area contributed by atoms with Gasteiger partial charge in [-0.1, -0.05) is 41.5 Å². The number of hydrogen-bond acceptors (Lipinski definition) is 6. The number of rotatable bonds is 7. The zero-order valence-electron chi connectivity index (χ0n) is 14.6. The second-order valence-corrected chi connectivity index (χ2v) is 5.85. The third-order valence-corrected chi connectivity index (χ3v) is 4.05. The Hall–Kier alpha value is -2.93. The van der Waals surface area contributed by atoms with E-state index in [1.807, 2.05) is 62.6 Å². The quantitative estimate of drug-likeness (QED) is 0.713. The lowest BCUT2D eigenvalue weighted by Crippen LogP contribution is -2.28. The van der Waals surface area contributed by atoms with Crippen LogP contribution < -0.4 is 10.1 Å². The number of benzene rings is 2. The fraction of sp³-hybridized carbons (Fsp3) is 0.278. The molecule has 0 radical (unpaired) electrons. The Morgan fingerprint density at radius 1 is 1.08 bits per heavy atom. The lowest BCUT2D eigenvalue weighted by Gasteiger charge is -2.26. The standard InChI is InChI=1S/C18H22N6O/c1-23(2)16(15-11-7-8-12-17(15)25-3)13-19-18-20-21-22-24(18)14-9-5-4-6-10-14/h4-12,16H,13H2,1-3H3,(H,19,20,22). The van der Waals surface area contributed by atoms with E-state index in [9.17, 15) is 0 Å². The van der Waals surface area contributed by atoms with Crippen LogP contribution >= 0.6 is 0 Å². The van der Waals surface area contributed by atoms with Crippen LogP contribution in [0.4, 0.5) is 5.95 Å². The fourth-order valence-electron chi connectivity index (χ4n) is 2.74. The Bertz CT molecular complexity index is 802. The molecule has 1 unspecified atom stereocenters. The van der Waals surface area contributed by atoms with Crippen molar-refractivity contribution in [1.82, 2.24) is 25.1 Å². The van der Waals surface area contributed by atoms with Gasteiger partial charge in [0.2, 0.25) is 5.95 Å². The van der Waals surface area contributed by atoms with E-state index in [1.165, 1.54) is 0 Å². The number of anilines is 1. The molecule has 0 fully saturated rings. The summed E-state index contributed by atoms with van der Waals surface area (Å²) in [6, 6.07) is 17.9. The van der Waals surface area contributed by atoms with Gasteiger partial charge in [-0.15, -0.1) is 0 Å². The summed E-state index contributed by atoms with van der Waals surface area (Å²) in [5.74, 6) is 1.47. The molecule has 7 nitrogen and oxygen atoms in total. The van der Waals surface area contributed by atoms with Gasteiger partial charge in [-0.25, -0.2) is 0 Å². The van der Waals surface area contributed by atoms with Crippen molar-refractivity contribution in [2.75, 3.05) is 33.1 Å². The summed E-state index contributed by atoms with van der Waals surface area (Å²) >= 11 is 0. The number of methoxy groups -OCH3 is 1. The van der Waals surface area contributed by atoms with E-state index in [4.69, 9.17) is 4.74 Å². The number of aromatic nitrogens is 4. The summed E-state index contributed by atoms with van der Waals surface area (Å²) < 4.78 is 7.20. The predicted molar refractivity (Wildman–Crippen MR) is 97.1 cm³/mol. The number of hydrogen-bond donors (Lipinski definition) is 1. The van der Waals surface area contributed by atoms with E-state index in [0.717, 1.165) is 17.0 Å². The van der Waals surface area contributed by atoms with E-state index < -0.39 is 0 Å². The summed E-state index contributed by atoms with van der Waals surface area (Å²) in [6.45, 7) is 0.639. The first-order chi connectivity index (χ1) is 12.2. The molecule has 0 amide bonds. The Morgan fingerprint density at radius 2 is 1.80 bits per heavy atom. The van der Waals surface area contributed by atoms with Gasteiger partial charge in [0.25, 0.3) is 0 Å². The van der Waals surface area contributed by atoms with Crippen LogP contribution in [-0.4, -0.2) is 52.9 Å². The molecule has 7 heteroatoms. The predicted octanol–water partition coefficient (Wildman–Crippen LogP) is 2.39. The normalized spacial score (nSPS) is 12.2. The van der Waals surface area contributed by atoms with Gasteiger partial charge in [0.1, 0.15) is 5.75 Å². The molecule has 0 aliphatic heterocycles. The summed E-state index contributed by atoms with van der Waals surface area (Å²) in [5, 5.41) is 15.3. The smallest absolute Gasteiger partial charge is 0.247 e. The van der Waals surface area contributed by atoms with Crippen LogP contribution in [0, 0.1) is 0 Å². The molecule has 25 heavy (non-hydrogen) atoms. The third-order valence-electron chi connectivity index (χ3n) is 4.05. The van der Waals surface area contributed by atoms with E-state index >= 15 is 0 Å². The Balaban J connectivity index is 1.81. The molecule has 130 valence electrons. The van der Waals surface area contributed by atoms with Gasteiger partial charge in [0, 0.05) is 12.1 Å². The number of para-hydroxylation sites is 2. The molecule has 2 aromatic carbocycles. The first kappa shape index (κ1) is 16.9.